The van der Waals surface area contributed by atoms with Crippen molar-refractivity contribution in [3.63, 3.8) is 0 Å². The number of rotatable bonds is 4. The van der Waals surface area contributed by atoms with Gasteiger partial charge in [-0.05, 0) is 57.9 Å². The van der Waals surface area contributed by atoms with Crippen LogP contribution in [-0.4, -0.2) is 23.7 Å². The first-order valence-electron chi connectivity index (χ1n) is 6.99. The number of nitrogens with one attached hydrogen (secondary N) is 1. The standard InChI is InChI=1S/C16H22FNO4/c1-10-8-13(17)7-6-12(10)9-21-14(19)11(2)18-15(20)22-16(3,4)5/h6-8,11H,9H2,1-5H3,(H,18,20)/t11-/m1/s1. The first-order chi connectivity index (χ1) is 10.1. The Balaban J connectivity index is 2.49. The van der Waals surface area contributed by atoms with Crippen molar-refractivity contribution >= 4 is 12.1 Å². The van der Waals surface area contributed by atoms with Crippen LogP contribution >= 0.6 is 0 Å². The molecule has 0 bridgehead atoms. The fraction of sp³-hybridized carbons (Fsp3) is 0.500. The predicted octanol–water partition coefficient (Wildman–Crippen LogP) is 3.09. The van der Waals surface area contributed by atoms with E-state index in [9.17, 15) is 14.0 Å². The summed E-state index contributed by atoms with van der Waals surface area (Å²) in [6, 6.07) is 3.39. The Bertz CT molecular complexity index is 552. The summed E-state index contributed by atoms with van der Waals surface area (Å²) in [5, 5.41) is 2.40. The van der Waals surface area contributed by atoms with E-state index in [1.54, 1.807) is 33.8 Å². The summed E-state index contributed by atoms with van der Waals surface area (Å²) in [5.74, 6) is -0.929. The number of hydrogen-bond donors (Lipinski definition) is 1. The number of hydrogen-bond acceptors (Lipinski definition) is 4. The maximum atomic E-state index is 13.0. The molecule has 0 saturated carbocycles. The van der Waals surface area contributed by atoms with Crippen molar-refractivity contribution in [3.05, 3.63) is 35.1 Å². The Labute approximate surface area is 129 Å². The van der Waals surface area contributed by atoms with Crippen LogP contribution in [-0.2, 0) is 20.9 Å². The Hall–Kier alpha value is -2.11. The van der Waals surface area contributed by atoms with E-state index in [1.807, 2.05) is 0 Å². The van der Waals surface area contributed by atoms with Crippen LogP contribution in [0.4, 0.5) is 9.18 Å². The van der Waals surface area contributed by atoms with E-state index >= 15 is 0 Å². The van der Waals surface area contributed by atoms with E-state index in [0.717, 1.165) is 0 Å². The molecule has 1 rings (SSSR count). The molecule has 0 aliphatic rings. The van der Waals surface area contributed by atoms with Gasteiger partial charge in [0.1, 0.15) is 24.1 Å². The summed E-state index contributed by atoms with van der Waals surface area (Å²) in [6.45, 7) is 8.44. The van der Waals surface area contributed by atoms with Crippen molar-refractivity contribution in [1.82, 2.24) is 5.32 Å². The molecule has 1 amide bonds. The molecule has 1 aromatic carbocycles. The molecular weight excluding hydrogens is 289 g/mol. The van der Waals surface area contributed by atoms with Crippen molar-refractivity contribution < 1.29 is 23.5 Å². The van der Waals surface area contributed by atoms with Gasteiger partial charge < -0.3 is 14.8 Å². The van der Waals surface area contributed by atoms with Crippen LogP contribution in [0.3, 0.4) is 0 Å². The lowest BCUT2D eigenvalue weighted by Crippen LogP contribution is -2.42. The summed E-state index contributed by atoms with van der Waals surface area (Å²) in [4.78, 5) is 23.4. The number of alkyl carbamates (subject to hydrolysis) is 1. The maximum Gasteiger partial charge on any atom is 0.408 e. The number of aryl methyl sites for hydroxylation is 1. The second-order valence-electron chi connectivity index (χ2n) is 6.05. The van der Waals surface area contributed by atoms with Gasteiger partial charge in [0.2, 0.25) is 0 Å². The molecule has 6 heteroatoms. The molecule has 1 atom stereocenters. The molecule has 0 aliphatic carbocycles. The summed E-state index contributed by atoms with van der Waals surface area (Å²) >= 11 is 0. The minimum Gasteiger partial charge on any atom is -0.459 e. The topological polar surface area (TPSA) is 64.6 Å². The van der Waals surface area contributed by atoms with Gasteiger partial charge in [0.25, 0.3) is 0 Å². The van der Waals surface area contributed by atoms with Crippen molar-refractivity contribution in [2.45, 2.75) is 52.9 Å². The highest BCUT2D eigenvalue weighted by Crippen LogP contribution is 2.12. The number of benzene rings is 1. The minimum absolute atomic E-state index is 0.0191. The number of carbonyl (C=O) groups excluding carboxylic acids is 2. The zero-order chi connectivity index (χ0) is 16.9. The van der Waals surface area contributed by atoms with Crippen LogP contribution in [0.2, 0.25) is 0 Å². The highest BCUT2D eigenvalue weighted by atomic mass is 19.1. The first-order valence-corrected chi connectivity index (χ1v) is 6.99. The smallest absolute Gasteiger partial charge is 0.408 e. The molecule has 0 heterocycles. The molecule has 5 nitrogen and oxygen atoms in total. The number of ether oxygens (including phenoxy) is 2. The summed E-state index contributed by atoms with van der Waals surface area (Å²) in [6.07, 6.45) is -0.685. The predicted molar refractivity (Wildman–Crippen MR) is 79.8 cm³/mol. The van der Waals surface area contributed by atoms with Gasteiger partial charge in [-0.1, -0.05) is 6.07 Å². The molecule has 1 N–H and O–H groups in total. The van der Waals surface area contributed by atoms with Crippen LogP contribution in [0.5, 0.6) is 0 Å². The lowest BCUT2D eigenvalue weighted by atomic mass is 10.1. The van der Waals surface area contributed by atoms with Gasteiger partial charge in [0, 0.05) is 0 Å². The lowest BCUT2D eigenvalue weighted by Gasteiger charge is -2.21. The summed E-state index contributed by atoms with van der Waals surface area (Å²) in [5.41, 5.74) is 0.763. The average molecular weight is 311 g/mol. The van der Waals surface area contributed by atoms with Gasteiger partial charge in [0.05, 0.1) is 0 Å². The second kappa shape index (κ2) is 7.24. The lowest BCUT2D eigenvalue weighted by molar-refractivity contribution is -0.147. The Morgan fingerprint density at radius 2 is 1.95 bits per heavy atom. The van der Waals surface area contributed by atoms with Gasteiger partial charge in [-0.2, -0.15) is 0 Å². The monoisotopic (exact) mass is 311 g/mol. The zero-order valence-electron chi connectivity index (χ0n) is 13.5. The number of carbonyl (C=O) groups is 2. The molecule has 0 spiro atoms. The molecule has 0 saturated heterocycles. The SMILES string of the molecule is Cc1cc(F)ccc1COC(=O)[C@@H](C)NC(=O)OC(C)(C)C. The molecule has 0 unspecified atom stereocenters. The van der Waals surface area contributed by atoms with E-state index in [4.69, 9.17) is 9.47 Å². The number of amides is 1. The third-order valence-electron chi connectivity index (χ3n) is 2.76. The number of esters is 1. The van der Waals surface area contributed by atoms with Crippen LogP contribution in [0.25, 0.3) is 0 Å². The van der Waals surface area contributed by atoms with Gasteiger partial charge in [-0.25, -0.2) is 14.0 Å². The van der Waals surface area contributed by atoms with Gasteiger partial charge >= 0.3 is 12.1 Å². The average Bonchev–Trinajstić information content (AvgIpc) is 2.34. The largest absolute Gasteiger partial charge is 0.459 e. The van der Waals surface area contributed by atoms with Crippen LogP contribution in [0.1, 0.15) is 38.8 Å². The Kier molecular flexibility index (Phi) is 5.91. The van der Waals surface area contributed by atoms with Crippen molar-refractivity contribution in [2.24, 2.45) is 0 Å². The van der Waals surface area contributed by atoms with Gasteiger partial charge in [0.15, 0.2) is 0 Å². The molecule has 0 aromatic heterocycles. The fourth-order valence-electron chi connectivity index (χ4n) is 1.64. The molecular formula is C16H22FNO4. The first kappa shape index (κ1) is 17.9. The summed E-state index contributed by atoms with van der Waals surface area (Å²) < 4.78 is 23.1. The molecule has 122 valence electrons. The quantitative estimate of drug-likeness (QED) is 0.868. The maximum absolute atomic E-state index is 13.0. The van der Waals surface area contributed by atoms with E-state index < -0.39 is 23.7 Å². The molecule has 22 heavy (non-hydrogen) atoms. The Morgan fingerprint density at radius 1 is 1.32 bits per heavy atom. The van der Waals surface area contributed by atoms with Gasteiger partial charge in [-0.15, -0.1) is 0 Å². The van der Waals surface area contributed by atoms with Crippen LogP contribution in [0.15, 0.2) is 18.2 Å². The van der Waals surface area contributed by atoms with E-state index in [1.165, 1.54) is 19.1 Å². The highest BCUT2D eigenvalue weighted by molar-refractivity contribution is 5.81. The fourth-order valence-corrected chi connectivity index (χ4v) is 1.64. The normalized spacial score (nSPS) is 12.5. The molecule has 0 aliphatic heterocycles. The van der Waals surface area contributed by atoms with E-state index in [2.05, 4.69) is 5.32 Å². The molecule has 0 fully saturated rings. The van der Waals surface area contributed by atoms with Crippen molar-refractivity contribution in [2.75, 3.05) is 0 Å². The Morgan fingerprint density at radius 3 is 2.50 bits per heavy atom. The zero-order valence-corrected chi connectivity index (χ0v) is 13.5. The molecule has 0 radical (unpaired) electrons. The van der Waals surface area contributed by atoms with E-state index in [0.29, 0.717) is 11.1 Å². The van der Waals surface area contributed by atoms with Crippen molar-refractivity contribution in [1.29, 1.82) is 0 Å². The minimum atomic E-state index is -0.837. The van der Waals surface area contributed by atoms with E-state index in [-0.39, 0.29) is 12.4 Å². The molecule has 1 aromatic rings. The highest BCUT2D eigenvalue weighted by Gasteiger charge is 2.22. The third-order valence-corrected chi connectivity index (χ3v) is 2.76. The number of halogens is 1. The van der Waals surface area contributed by atoms with Crippen LogP contribution in [0, 0.1) is 12.7 Å². The third kappa shape index (κ3) is 6.11. The van der Waals surface area contributed by atoms with Crippen molar-refractivity contribution in [3.8, 4) is 0 Å². The van der Waals surface area contributed by atoms with Crippen LogP contribution < -0.4 is 5.32 Å². The van der Waals surface area contributed by atoms with Gasteiger partial charge in [-0.3, -0.25) is 0 Å². The summed E-state index contributed by atoms with van der Waals surface area (Å²) in [7, 11) is 0. The second-order valence-corrected chi connectivity index (χ2v) is 6.05.